The highest BCUT2D eigenvalue weighted by molar-refractivity contribution is 6.30. The van der Waals surface area contributed by atoms with Crippen molar-refractivity contribution in [3.8, 4) is 0 Å². The monoisotopic (exact) mass is 299 g/mol. The van der Waals surface area contributed by atoms with Crippen LogP contribution in [0.25, 0.3) is 0 Å². The van der Waals surface area contributed by atoms with Crippen LogP contribution in [0, 0.1) is 0 Å². The third-order valence-corrected chi connectivity index (χ3v) is 3.55. The molecule has 1 heterocycles. The zero-order chi connectivity index (χ0) is 14.7. The highest BCUT2D eigenvalue weighted by Crippen LogP contribution is 2.24. The molecule has 1 fully saturated rings. The summed E-state index contributed by atoms with van der Waals surface area (Å²) in [5.74, 6) is 0.395. The summed E-state index contributed by atoms with van der Waals surface area (Å²) < 4.78 is 5.77. The van der Waals surface area contributed by atoms with Crippen LogP contribution in [0.3, 0.4) is 0 Å². The number of rotatable bonds is 3. The number of hydrogen-bond donors (Lipinski definition) is 1. The van der Waals surface area contributed by atoms with Crippen molar-refractivity contribution >= 4 is 17.4 Å². The van der Waals surface area contributed by atoms with E-state index in [1.807, 2.05) is 30.3 Å². The van der Waals surface area contributed by atoms with E-state index in [2.05, 4.69) is 5.32 Å². The minimum absolute atomic E-state index is 0.0598. The van der Waals surface area contributed by atoms with Crippen molar-refractivity contribution in [2.45, 2.75) is 6.10 Å². The van der Waals surface area contributed by atoms with Crippen LogP contribution in [-0.4, -0.2) is 12.3 Å². The van der Waals surface area contributed by atoms with Gasteiger partial charge in [-0.3, -0.25) is 4.79 Å². The molecule has 0 amide bonds. The second-order valence-electron chi connectivity index (χ2n) is 4.78. The standard InChI is InChI=1S/C17H14ClNO2/c18-14-8-6-12(7-9-14)15(20)10-17-19-11-16(21-17)13-4-2-1-3-5-13/h1-10,16,19H,11H2/b17-10+/t16-/m1/s1. The topological polar surface area (TPSA) is 38.3 Å². The van der Waals surface area contributed by atoms with Crippen molar-refractivity contribution in [3.63, 3.8) is 0 Å². The van der Waals surface area contributed by atoms with Gasteiger partial charge in [-0.25, -0.2) is 0 Å². The van der Waals surface area contributed by atoms with E-state index in [1.165, 1.54) is 6.08 Å². The van der Waals surface area contributed by atoms with Gasteiger partial charge in [0.25, 0.3) is 0 Å². The number of carbonyl (C=O) groups is 1. The van der Waals surface area contributed by atoms with Crippen molar-refractivity contribution in [2.75, 3.05) is 6.54 Å². The van der Waals surface area contributed by atoms with Crippen LogP contribution in [0.2, 0.25) is 5.02 Å². The van der Waals surface area contributed by atoms with E-state index in [0.717, 1.165) is 5.56 Å². The Morgan fingerprint density at radius 2 is 1.86 bits per heavy atom. The molecular weight excluding hydrogens is 286 g/mol. The van der Waals surface area contributed by atoms with Crippen LogP contribution in [0.4, 0.5) is 0 Å². The summed E-state index contributed by atoms with van der Waals surface area (Å²) in [4.78, 5) is 12.1. The van der Waals surface area contributed by atoms with E-state index < -0.39 is 0 Å². The van der Waals surface area contributed by atoms with Gasteiger partial charge in [-0.15, -0.1) is 0 Å². The van der Waals surface area contributed by atoms with Gasteiger partial charge in [0, 0.05) is 16.7 Å². The number of hydrogen-bond acceptors (Lipinski definition) is 3. The van der Waals surface area contributed by atoms with Gasteiger partial charge in [0.1, 0.15) is 6.10 Å². The molecule has 3 nitrogen and oxygen atoms in total. The summed E-state index contributed by atoms with van der Waals surface area (Å²) in [6, 6.07) is 16.7. The highest BCUT2D eigenvalue weighted by atomic mass is 35.5. The summed E-state index contributed by atoms with van der Waals surface area (Å²) >= 11 is 5.81. The van der Waals surface area contributed by atoms with Crippen LogP contribution in [0.15, 0.2) is 66.6 Å². The van der Waals surface area contributed by atoms with Gasteiger partial charge in [0.2, 0.25) is 0 Å². The van der Waals surface area contributed by atoms with Gasteiger partial charge in [0.05, 0.1) is 6.54 Å². The molecule has 21 heavy (non-hydrogen) atoms. The molecule has 0 unspecified atom stereocenters. The first-order valence-electron chi connectivity index (χ1n) is 6.69. The smallest absolute Gasteiger partial charge is 0.191 e. The number of allylic oxidation sites excluding steroid dienone is 1. The Balaban J connectivity index is 1.71. The van der Waals surface area contributed by atoms with Crippen LogP contribution in [0.5, 0.6) is 0 Å². The molecule has 1 atom stereocenters. The largest absolute Gasteiger partial charge is 0.469 e. The molecule has 2 aromatic rings. The SMILES string of the molecule is O=C(/C=C1\NC[C@H](c2ccccc2)O1)c1ccc(Cl)cc1. The average Bonchev–Trinajstić information content (AvgIpc) is 2.97. The fourth-order valence-corrected chi connectivity index (χ4v) is 2.31. The maximum atomic E-state index is 12.1. The van der Waals surface area contributed by atoms with E-state index in [0.29, 0.717) is 23.0 Å². The number of ether oxygens (including phenoxy) is 1. The predicted molar refractivity (Wildman–Crippen MR) is 82.1 cm³/mol. The number of benzene rings is 2. The molecule has 1 aliphatic heterocycles. The summed E-state index contributed by atoms with van der Waals surface area (Å²) in [5, 5.41) is 3.72. The highest BCUT2D eigenvalue weighted by Gasteiger charge is 2.22. The Kier molecular flexibility index (Phi) is 3.93. The van der Waals surface area contributed by atoms with Gasteiger partial charge in [0.15, 0.2) is 11.7 Å². The van der Waals surface area contributed by atoms with Crippen molar-refractivity contribution < 1.29 is 9.53 Å². The van der Waals surface area contributed by atoms with E-state index in [4.69, 9.17) is 16.3 Å². The van der Waals surface area contributed by atoms with Gasteiger partial charge < -0.3 is 10.1 Å². The average molecular weight is 300 g/mol. The van der Waals surface area contributed by atoms with E-state index in [-0.39, 0.29) is 11.9 Å². The maximum Gasteiger partial charge on any atom is 0.191 e. The van der Waals surface area contributed by atoms with Crippen molar-refractivity contribution in [1.82, 2.24) is 5.32 Å². The van der Waals surface area contributed by atoms with Crippen LogP contribution in [-0.2, 0) is 4.74 Å². The van der Waals surface area contributed by atoms with Crippen molar-refractivity contribution in [2.24, 2.45) is 0 Å². The van der Waals surface area contributed by atoms with Gasteiger partial charge in [-0.05, 0) is 29.8 Å². The normalized spacial score (nSPS) is 19.1. The van der Waals surface area contributed by atoms with Gasteiger partial charge >= 0.3 is 0 Å². The lowest BCUT2D eigenvalue weighted by atomic mass is 10.1. The number of halogens is 1. The minimum Gasteiger partial charge on any atom is -0.469 e. The lowest BCUT2D eigenvalue weighted by Crippen LogP contribution is -2.08. The molecule has 1 aliphatic rings. The fourth-order valence-electron chi connectivity index (χ4n) is 2.19. The molecule has 1 N–H and O–H groups in total. The molecule has 1 saturated heterocycles. The molecule has 0 saturated carbocycles. The summed E-state index contributed by atoms with van der Waals surface area (Å²) in [7, 11) is 0. The Morgan fingerprint density at radius 1 is 1.14 bits per heavy atom. The van der Waals surface area contributed by atoms with E-state index in [9.17, 15) is 4.79 Å². The minimum atomic E-state index is -0.108. The van der Waals surface area contributed by atoms with E-state index in [1.54, 1.807) is 24.3 Å². The molecule has 0 bridgehead atoms. The van der Waals surface area contributed by atoms with Crippen molar-refractivity contribution in [1.29, 1.82) is 0 Å². The molecule has 0 radical (unpaired) electrons. The van der Waals surface area contributed by atoms with Gasteiger partial charge in [-0.2, -0.15) is 0 Å². The first-order valence-corrected chi connectivity index (χ1v) is 7.07. The number of ketones is 1. The van der Waals surface area contributed by atoms with Crippen LogP contribution in [0.1, 0.15) is 22.0 Å². The maximum absolute atomic E-state index is 12.1. The zero-order valence-electron chi connectivity index (χ0n) is 11.3. The quantitative estimate of drug-likeness (QED) is 0.693. The van der Waals surface area contributed by atoms with Crippen LogP contribution < -0.4 is 5.32 Å². The zero-order valence-corrected chi connectivity index (χ0v) is 12.0. The molecule has 106 valence electrons. The summed E-state index contributed by atoms with van der Waals surface area (Å²) in [5.41, 5.74) is 1.67. The third kappa shape index (κ3) is 3.26. The third-order valence-electron chi connectivity index (χ3n) is 3.29. The van der Waals surface area contributed by atoms with Gasteiger partial charge in [-0.1, -0.05) is 41.9 Å². The lowest BCUT2D eigenvalue weighted by Gasteiger charge is -2.08. The molecule has 0 aromatic heterocycles. The molecular formula is C17H14ClNO2. The first kappa shape index (κ1) is 13.7. The fraction of sp³-hybridized carbons (Fsp3) is 0.118. The predicted octanol–water partition coefficient (Wildman–Crippen LogP) is 3.73. The number of carbonyl (C=O) groups excluding carboxylic acids is 1. The Hall–Kier alpha value is -2.26. The molecule has 2 aromatic carbocycles. The van der Waals surface area contributed by atoms with Crippen molar-refractivity contribution in [3.05, 3.63) is 82.7 Å². The number of nitrogens with one attached hydrogen (secondary N) is 1. The lowest BCUT2D eigenvalue weighted by molar-refractivity contribution is 0.103. The Labute approximate surface area is 128 Å². The second kappa shape index (κ2) is 6.02. The molecule has 0 aliphatic carbocycles. The molecule has 0 spiro atoms. The second-order valence-corrected chi connectivity index (χ2v) is 5.21. The summed E-state index contributed by atoms with van der Waals surface area (Å²) in [6.07, 6.45) is 1.42. The molecule has 3 rings (SSSR count). The first-order chi connectivity index (χ1) is 10.2. The Morgan fingerprint density at radius 3 is 2.57 bits per heavy atom. The summed E-state index contributed by atoms with van der Waals surface area (Å²) in [6.45, 7) is 0.656. The van der Waals surface area contributed by atoms with E-state index >= 15 is 0 Å². The molecule has 4 heteroatoms. The van der Waals surface area contributed by atoms with Crippen LogP contribution >= 0.6 is 11.6 Å². The Bertz CT molecular complexity index is 665.